The average Bonchev–Trinajstić information content (AvgIpc) is 3.22. The summed E-state index contributed by atoms with van der Waals surface area (Å²) in [6, 6.07) is 22.5. The van der Waals surface area contributed by atoms with Crippen LogP contribution < -0.4 is 15.4 Å². The summed E-state index contributed by atoms with van der Waals surface area (Å²) in [4.78, 5) is 14.9. The van der Waals surface area contributed by atoms with Crippen LogP contribution >= 0.6 is 0 Å². The predicted octanol–water partition coefficient (Wildman–Crippen LogP) is 5.80. The van der Waals surface area contributed by atoms with Crippen molar-refractivity contribution in [3.05, 3.63) is 90.1 Å². The Morgan fingerprint density at radius 2 is 1.67 bits per heavy atom. The molecule has 0 radical (unpaired) electrons. The Labute approximate surface area is 195 Å². The third-order valence-electron chi connectivity index (χ3n) is 6.32. The third kappa shape index (κ3) is 4.72. The Kier molecular flexibility index (Phi) is 6.03. The first kappa shape index (κ1) is 21.1. The first-order chi connectivity index (χ1) is 16.2. The highest BCUT2D eigenvalue weighted by molar-refractivity contribution is 6.01. The first-order valence-corrected chi connectivity index (χ1v) is 11.6. The minimum atomic E-state index is 0.00170. The summed E-state index contributed by atoms with van der Waals surface area (Å²) in [6.45, 7) is 4.71. The smallest absolute Gasteiger partial charge is 0.251 e. The molecule has 1 fully saturated rings. The van der Waals surface area contributed by atoms with Crippen LogP contribution in [0.2, 0.25) is 0 Å². The standard InChI is InChI=1S/C28H29N3O2/c1-2-14-31-15-12-21(13-16-31)30-22-17-25(27-19-29-28(32)26(27)18-22)20-8-10-24(11-9-20)33-23-6-4-3-5-7-23/h2-11,14,17-18,21,30H,12-13,15-16,19H2,1H3,(H,29,32). The van der Waals surface area contributed by atoms with E-state index in [-0.39, 0.29) is 5.91 Å². The molecule has 5 rings (SSSR count). The van der Waals surface area contributed by atoms with Gasteiger partial charge in [0, 0.05) is 36.9 Å². The van der Waals surface area contributed by atoms with E-state index >= 15 is 0 Å². The SMILES string of the molecule is CC=CN1CCC(Nc2cc3c(c(-c4ccc(Oc5ccccc5)cc4)c2)CNC3=O)CC1. The highest BCUT2D eigenvalue weighted by Crippen LogP contribution is 2.35. The molecule has 33 heavy (non-hydrogen) atoms. The first-order valence-electron chi connectivity index (χ1n) is 11.6. The Balaban J connectivity index is 1.38. The van der Waals surface area contributed by atoms with Crippen LogP contribution in [0.4, 0.5) is 5.69 Å². The number of carbonyl (C=O) groups is 1. The highest BCUT2D eigenvalue weighted by atomic mass is 16.5. The van der Waals surface area contributed by atoms with E-state index in [4.69, 9.17) is 4.74 Å². The number of hydrogen-bond donors (Lipinski definition) is 2. The van der Waals surface area contributed by atoms with E-state index in [2.05, 4.69) is 52.9 Å². The molecule has 0 spiro atoms. The number of fused-ring (bicyclic) bond motifs is 1. The van der Waals surface area contributed by atoms with Crippen molar-refractivity contribution in [1.82, 2.24) is 10.2 Å². The lowest BCUT2D eigenvalue weighted by Gasteiger charge is -2.32. The van der Waals surface area contributed by atoms with Gasteiger partial charge in [-0.25, -0.2) is 0 Å². The van der Waals surface area contributed by atoms with Crippen molar-refractivity contribution in [2.24, 2.45) is 0 Å². The van der Waals surface area contributed by atoms with Gasteiger partial charge in [0.25, 0.3) is 5.91 Å². The van der Waals surface area contributed by atoms with Gasteiger partial charge in [-0.1, -0.05) is 36.4 Å². The number of anilines is 1. The molecule has 0 atom stereocenters. The number of amides is 1. The zero-order valence-electron chi connectivity index (χ0n) is 18.9. The molecule has 0 bridgehead atoms. The van der Waals surface area contributed by atoms with Crippen LogP contribution in [0, 0.1) is 0 Å². The van der Waals surface area contributed by atoms with Crippen molar-refractivity contribution in [2.75, 3.05) is 18.4 Å². The van der Waals surface area contributed by atoms with Gasteiger partial charge in [0.1, 0.15) is 11.5 Å². The van der Waals surface area contributed by atoms with Gasteiger partial charge in [-0.05, 0) is 79.1 Å². The number of piperidine rings is 1. The Morgan fingerprint density at radius 3 is 2.39 bits per heavy atom. The molecule has 2 heterocycles. The second-order valence-corrected chi connectivity index (χ2v) is 8.61. The lowest BCUT2D eigenvalue weighted by Crippen LogP contribution is -2.36. The number of allylic oxidation sites excluding steroid dienone is 1. The number of carbonyl (C=O) groups excluding carboxylic acids is 1. The summed E-state index contributed by atoms with van der Waals surface area (Å²) >= 11 is 0. The molecule has 1 saturated heterocycles. The van der Waals surface area contributed by atoms with Gasteiger partial charge < -0.3 is 20.3 Å². The number of benzene rings is 3. The molecular formula is C28H29N3O2. The van der Waals surface area contributed by atoms with Crippen molar-refractivity contribution in [1.29, 1.82) is 0 Å². The topological polar surface area (TPSA) is 53.6 Å². The second kappa shape index (κ2) is 9.41. The van der Waals surface area contributed by atoms with Crippen molar-refractivity contribution >= 4 is 11.6 Å². The molecule has 0 saturated carbocycles. The van der Waals surface area contributed by atoms with Gasteiger partial charge in [0.15, 0.2) is 0 Å². The predicted molar refractivity (Wildman–Crippen MR) is 133 cm³/mol. The maximum Gasteiger partial charge on any atom is 0.251 e. The maximum absolute atomic E-state index is 12.5. The molecule has 2 aliphatic heterocycles. The Morgan fingerprint density at radius 1 is 0.970 bits per heavy atom. The van der Waals surface area contributed by atoms with E-state index in [1.807, 2.05) is 48.5 Å². The molecule has 5 nitrogen and oxygen atoms in total. The maximum atomic E-state index is 12.5. The fourth-order valence-corrected chi connectivity index (χ4v) is 4.64. The summed E-state index contributed by atoms with van der Waals surface area (Å²) in [5, 5.41) is 6.68. The molecular weight excluding hydrogens is 410 g/mol. The summed E-state index contributed by atoms with van der Waals surface area (Å²) in [5.74, 6) is 1.60. The van der Waals surface area contributed by atoms with Crippen molar-refractivity contribution in [3.63, 3.8) is 0 Å². The number of rotatable bonds is 6. The summed E-state index contributed by atoms with van der Waals surface area (Å²) in [6.07, 6.45) is 6.41. The molecule has 0 aliphatic carbocycles. The van der Waals surface area contributed by atoms with Crippen LogP contribution in [0.25, 0.3) is 11.1 Å². The van der Waals surface area contributed by atoms with Crippen LogP contribution in [-0.2, 0) is 6.54 Å². The van der Waals surface area contributed by atoms with Gasteiger partial charge in [0.05, 0.1) is 0 Å². The lowest BCUT2D eigenvalue weighted by atomic mass is 9.95. The number of hydrogen-bond acceptors (Lipinski definition) is 4. The summed E-state index contributed by atoms with van der Waals surface area (Å²) in [7, 11) is 0. The quantitative estimate of drug-likeness (QED) is 0.510. The van der Waals surface area contributed by atoms with Crippen molar-refractivity contribution in [2.45, 2.75) is 32.4 Å². The lowest BCUT2D eigenvalue weighted by molar-refractivity contribution is 0.0966. The monoisotopic (exact) mass is 439 g/mol. The van der Waals surface area contributed by atoms with Crippen molar-refractivity contribution in [3.8, 4) is 22.6 Å². The molecule has 5 heteroatoms. The molecule has 3 aromatic carbocycles. The van der Waals surface area contributed by atoms with Gasteiger partial charge >= 0.3 is 0 Å². The molecule has 0 unspecified atom stereocenters. The minimum Gasteiger partial charge on any atom is -0.457 e. The Hall–Kier alpha value is -3.73. The van der Waals surface area contributed by atoms with E-state index < -0.39 is 0 Å². The minimum absolute atomic E-state index is 0.00170. The van der Waals surface area contributed by atoms with Gasteiger partial charge in [-0.2, -0.15) is 0 Å². The zero-order chi connectivity index (χ0) is 22.6. The Bertz CT molecular complexity index is 1150. The highest BCUT2D eigenvalue weighted by Gasteiger charge is 2.25. The van der Waals surface area contributed by atoms with Crippen LogP contribution in [0.3, 0.4) is 0 Å². The van der Waals surface area contributed by atoms with E-state index in [1.54, 1.807) is 0 Å². The molecule has 0 aromatic heterocycles. The van der Waals surface area contributed by atoms with Gasteiger partial charge in [0.2, 0.25) is 0 Å². The summed E-state index contributed by atoms with van der Waals surface area (Å²) < 4.78 is 5.94. The van der Waals surface area contributed by atoms with Crippen LogP contribution in [0.5, 0.6) is 11.5 Å². The third-order valence-corrected chi connectivity index (χ3v) is 6.32. The fourth-order valence-electron chi connectivity index (χ4n) is 4.64. The number of para-hydroxylation sites is 1. The number of nitrogens with zero attached hydrogens (tertiary/aromatic N) is 1. The molecule has 3 aromatic rings. The summed E-state index contributed by atoms with van der Waals surface area (Å²) in [5.41, 5.74) is 5.01. The second-order valence-electron chi connectivity index (χ2n) is 8.61. The van der Waals surface area contributed by atoms with E-state index in [0.29, 0.717) is 12.6 Å². The molecule has 2 aliphatic rings. The average molecular weight is 440 g/mol. The normalized spacial score (nSPS) is 16.0. The van der Waals surface area contributed by atoms with E-state index in [0.717, 1.165) is 65.4 Å². The van der Waals surface area contributed by atoms with E-state index in [1.165, 1.54) is 0 Å². The number of likely N-dealkylation sites (tertiary alicyclic amines) is 1. The molecule has 2 N–H and O–H groups in total. The largest absolute Gasteiger partial charge is 0.457 e. The van der Waals surface area contributed by atoms with Crippen molar-refractivity contribution < 1.29 is 9.53 Å². The zero-order valence-corrected chi connectivity index (χ0v) is 18.9. The molecule has 1 amide bonds. The van der Waals surface area contributed by atoms with Gasteiger partial charge in [-0.15, -0.1) is 0 Å². The van der Waals surface area contributed by atoms with Gasteiger partial charge in [-0.3, -0.25) is 4.79 Å². The molecule has 168 valence electrons. The fraction of sp³-hybridized carbons (Fsp3) is 0.250. The van der Waals surface area contributed by atoms with Crippen LogP contribution in [0.1, 0.15) is 35.7 Å². The number of nitrogens with one attached hydrogen (secondary N) is 2. The van der Waals surface area contributed by atoms with E-state index in [9.17, 15) is 4.79 Å². The number of ether oxygens (including phenoxy) is 1. The van der Waals surface area contributed by atoms with Crippen LogP contribution in [-0.4, -0.2) is 29.9 Å². The van der Waals surface area contributed by atoms with Crippen LogP contribution in [0.15, 0.2) is 79.0 Å².